The fourth-order valence-electron chi connectivity index (χ4n) is 1.92. The van der Waals surface area contributed by atoms with Gasteiger partial charge in [0.15, 0.2) is 0 Å². The Kier molecular flexibility index (Phi) is 6.09. The van der Waals surface area contributed by atoms with E-state index < -0.39 is 28.2 Å². The number of benzene rings is 1. The smallest absolute Gasteiger partial charge is 0.286 e. The first-order valence-corrected chi connectivity index (χ1v) is 8.40. The van der Waals surface area contributed by atoms with Gasteiger partial charge in [-0.2, -0.15) is 0 Å². The highest BCUT2D eigenvalue weighted by Gasteiger charge is 2.34. The number of likely N-dealkylation sites (N-methyl/N-ethyl adjacent to an activating group) is 1. The summed E-state index contributed by atoms with van der Waals surface area (Å²) in [5.41, 5.74) is 0.451. The summed E-state index contributed by atoms with van der Waals surface area (Å²) in [5.74, 6) is -1.34. The Hall–Kier alpha value is -1.77. The number of nitrogens with one attached hydrogen (secondary N) is 2. The van der Waals surface area contributed by atoms with Crippen LogP contribution in [0.3, 0.4) is 0 Å². The lowest BCUT2D eigenvalue weighted by Crippen LogP contribution is -2.37. The quantitative estimate of drug-likeness (QED) is 0.803. The Labute approximate surface area is 152 Å². The van der Waals surface area contributed by atoms with Crippen LogP contribution < -0.4 is 10.6 Å². The van der Waals surface area contributed by atoms with Gasteiger partial charge in [-0.25, -0.2) is 0 Å². The SMILES string of the molecule is CN(CC(=O)Nc1ccc(Cl)c(Cl)c1)C(=O)C[C@@H]1SC(=O)NC1=O. The van der Waals surface area contributed by atoms with Gasteiger partial charge in [-0.3, -0.25) is 24.5 Å². The third-order valence-corrected chi connectivity index (χ3v) is 4.86. The summed E-state index contributed by atoms with van der Waals surface area (Å²) < 4.78 is 0. The number of nitrogens with zero attached hydrogens (tertiary/aromatic N) is 1. The summed E-state index contributed by atoms with van der Waals surface area (Å²) in [6, 6.07) is 4.62. The first-order valence-electron chi connectivity index (χ1n) is 6.76. The van der Waals surface area contributed by atoms with Crippen molar-refractivity contribution in [2.24, 2.45) is 0 Å². The summed E-state index contributed by atoms with van der Waals surface area (Å²) in [5, 5.41) is 4.13. The number of carbonyl (C=O) groups is 4. The monoisotopic (exact) mass is 389 g/mol. The van der Waals surface area contributed by atoms with Crippen molar-refractivity contribution >= 4 is 63.6 Å². The molecule has 0 radical (unpaired) electrons. The molecule has 1 atom stereocenters. The van der Waals surface area contributed by atoms with Gasteiger partial charge < -0.3 is 10.2 Å². The van der Waals surface area contributed by atoms with Crippen LogP contribution in [0.5, 0.6) is 0 Å². The average Bonchev–Trinajstić information content (AvgIpc) is 2.80. The van der Waals surface area contributed by atoms with E-state index in [4.69, 9.17) is 23.2 Å². The molecule has 0 aromatic heterocycles. The van der Waals surface area contributed by atoms with Crippen LogP contribution in [0.2, 0.25) is 10.0 Å². The molecule has 1 aliphatic rings. The number of halogens is 2. The fraction of sp³-hybridized carbons (Fsp3) is 0.286. The Balaban J connectivity index is 1.86. The molecule has 1 aliphatic heterocycles. The highest BCUT2D eigenvalue weighted by molar-refractivity contribution is 8.15. The van der Waals surface area contributed by atoms with Crippen LogP contribution in [0.4, 0.5) is 10.5 Å². The highest BCUT2D eigenvalue weighted by atomic mass is 35.5. The molecule has 1 aromatic rings. The zero-order valence-electron chi connectivity index (χ0n) is 12.5. The lowest BCUT2D eigenvalue weighted by atomic mass is 10.2. The van der Waals surface area contributed by atoms with Crippen molar-refractivity contribution in [2.75, 3.05) is 18.9 Å². The van der Waals surface area contributed by atoms with Crippen LogP contribution >= 0.6 is 35.0 Å². The maximum atomic E-state index is 12.0. The number of anilines is 1. The molecule has 0 bridgehead atoms. The van der Waals surface area contributed by atoms with Crippen molar-refractivity contribution < 1.29 is 19.2 Å². The minimum absolute atomic E-state index is 0.154. The zero-order chi connectivity index (χ0) is 17.9. The van der Waals surface area contributed by atoms with E-state index in [0.717, 1.165) is 11.8 Å². The van der Waals surface area contributed by atoms with Gasteiger partial charge in [0.1, 0.15) is 5.25 Å². The normalized spacial score (nSPS) is 16.7. The number of thioether (sulfide) groups is 1. The molecule has 1 saturated heterocycles. The van der Waals surface area contributed by atoms with Gasteiger partial charge >= 0.3 is 0 Å². The van der Waals surface area contributed by atoms with Crippen LogP contribution in [-0.4, -0.2) is 46.7 Å². The van der Waals surface area contributed by atoms with Crippen molar-refractivity contribution in [3.8, 4) is 0 Å². The predicted molar refractivity (Wildman–Crippen MR) is 92.3 cm³/mol. The maximum absolute atomic E-state index is 12.0. The molecule has 0 spiro atoms. The molecule has 1 aromatic carbocycles. The second-order valence-corrected chi connectivity index (χ2v) is 7.00. The Bertz CT molecular complexity index is 713. The molecule has 7 nitrogen and oxygen atoms in total. The number of hydrogen-bond donors (Lipinski definition) is 2. The number of amides is 4. The first-order chi connectivity index (χ1) is 11.3. The predicted octanol–water partition coefficient (Wildman–Crippen LogP) is 2.13. The summed E-state index contributed by atoms with van der Waals surface area (Å²) in [6.07, 6.45) is -0.154. The van der Waals surface area contributed by atoms with E-state index in [1.54, 1.807) is 12.1 Å². The molecule has 1 heterocycles. The molecule has 1 fully saturated rings. The summed E-state index contributed by atoms with van der Waals surface area (Å²) in [7, 11) is 1.44. The van der Waals surface area contributed by atoms with Gasteiger partial charge in [0.25, 0.3) is 5.24 Å². The van der Waals surface area contributed by atoms with Crippen molar-refractivity contribution in [3.63, 3.8) is 0 Å². The molecular formula is C14H13Cl2N3O4S. The molecular weight excluding hydrogens is 377 g/mol. The van der Waals surface area contributed by atoms with Gasteiger partial charge in [-0.1, -0.05) is 35.0 Å². The van der Waals surface area contributed by atoms with Crippen molar-refractivity contribution in [1.29, 1.82) is 0 Å². The fourth-order valence-corrected chi connectivity index (χ4v) is 3.03. The van der Waals surface area contributed by atoms with Crippen LogP contribution in [-0.2, 0) is 14.4 Å². The van der Waals surface area contributed by atoms with Crippen molar-refractivity contribution in [1.82, 2.24) is 10.2 Å². The Morgan fingerprint density at radius 2 is 2.00 bits per heavy atom. The third-order valence-electron chi connectivity index (χ3n) is 3.14. The Morgan fingerprint density at radius 3 is 2.58 bits per heavy atom. The molecule has 0 aliphatic carbocycles. The Morgan fingerprint density at radius 1 is 1.29 bits per heavy atom. The molecule has 2 N–H and O–H groups in total. The summed E-state index contributed by atoms with van der Waals surface area (Å²) in [4.78, 5) is 47.7. The first kappa shape index (κ1) is 18.6. The van der Waals surface area contributed by atoms with E-state index in [1.807, 2.05) is 0 Å². The van der Waals surface area contributed by atoms with E-state index in [9.17, 15) is 19.2 Å². The second-order valence-electron chi connectivity index (χ2n) is 5.01. The van der Waals surface area contributed by atoms with Crippen LogP contribution in [0, 0.1) is 0 Å². The number of rotatable bonds is 5. The van der Waals surface area contributed by atoms with Crippen LogP contribution in [0.1, 0.15) is 6.42 Å². The van der Waals surface area contributed by atoms with E-state index in [2.05, 4.69) is 10.6 Å². The van der Waals surface area contributed by atoms with Gasteiger partial charge in [-0.05, 0) is 18.2 Å². The van der Waals surface area contributed by atoms with Crippen LogP contribution in [0.25, 0.3) is 0 Å². The summed E-state index contributed by atoms with van der Waals surface area (Å²) in [6.45, 7) is -0.202. The molecule has 24 heavy (non-hydrogen) atoms. The zero-order valence-corrected chi connectivity index (χ0v) is 14.8. The van der Waals surface area contributed by atoms with E-state index in [0.29, 0.717) is 15.7 Å². The van der Waals surface area contributed by atoms with E-state index >= 15 is 0 Å². The molecule has 2 rings (SSSR count). The molecule has 10 heteroatoms. The lowest BCUT2D eigenvalue weighted by Gasteiger charge is -2.18. The minimum Gasteiger partial charge on any atom is -0.336 e. The largest absolute Gasteiger partial charge is 0.336 e. The molecule has 0 saturated carbocycles. The summed E-state index contributed by atoms with van der Waals surface area (Å²) >= 11 is 12.4. The topological polar surface area (TPSA) is 95.6 Å². The number of hydrogen-bond acceptors (Lipinski definition) is 5. The molecule has 0 unspecified atom stereocenters. The van der Waals surface area contributed by atoms with Crippen LogP contribution in [0.15, 0.2) is 18.2 Å². The van der Waals surface area contributed by atoms with Crippen molar-refractivity contribution in [2.45, 2.75) is 11.7 Å². The van der Waals surface area contributed by atoms with Gasteiger partial charge in [0.05, 0.1) is 16.6 Å². The second kappa shape index (κ2) is 7.87. The van der Waals surface area contributed by atoms with Gasteiger partial charge in [-0.15, -0.1) is 0 Å². The van der Waals surface area contributed by atoms with E-state index in [1.165, 1.54) is 18.0 Å². The maximum Gasteiger partial charge on any atom is 0.286 e. The molecule has 128 valence electrons. The molecule has 4 amide bonds. The van der Waals surface area contributed by atoms with E-state index in [-0.39, 0.29) is 13.0 Å². The standard InChI is InChI=1S/C14H13Cl2N3O4S/c1-19(12(21)5-10-13(22)18-14(23)24-10)6-11(20)17-7-2-3-8(15)9(16)4-7/h2-4,10H,5-6H2,1H3,(H,17,20)(H,18,22,23)/t10-/m0/s1. The van der Waals surface area contributed by atoms with Crippen molar-refractivity contribution in [3.05, 3.63) is 28.2 Å². The van der Waals surface area contributed by atoms with Gasteiger partial charge in [0.2, 0.25) is 17.7 Å². The average molecular weight is 390 g/mol. The van der Waals surface area contributed by atoms with Gasteiger partial charge in [0, 0.05) is 19.2 Å². The third kappa shape index (κ3) is 4.86. The minimum atomic E-state index is -0.759. The number of imide groups is 1. The highest BCUT2D eigenvalue weighted by Crippen LogP contribution is 2.25. The lowest BCUT2D eigenvalue weighted by molar-refractivity contribution is -0.134. The number of carbonyl (C=O) groups excluding carboxylic acids is 4.